The van der Waals surface area contributed by atoms with Crippen LogP contribution in [0.3, 0.4) is 0 Å². The fourth-order valence-corrected chi connectivity index (χ4v) is 3.31. The second-order valence-electron chi connectivity index (χ2n) is 8.52. The summed E-state index contributed by atoms with van der Waals surface area (Å²) >= 11 is 0. The molecule has 0 unspecified atom stereocenters. The first-order valence-corrected chi connectivity index (χ1v) is 9.76. The van der Waals surface area contributed by atoms with Crippen molar-refractivity contribution in [3.8, 4) is 5.75 Å². The highest BCUT2D eigenvalue weighted by Gasteiger charge is 2.49. The molecule has 1 saturated heterocycles. The molecular formula is C24H26O5. The lowest BCUT2D eigenvalue weighted by atomic mass is 9.90. The van der Waals surface area contributed by atoms with Crippen LogP contribution in [0.25, 0.3) is 11.0 Å². The van der Waals surface area contributed by atoms with Gasteiger partial charge in [-0.1, -0.05) is 24.3 Å². The molecule has 3 aromatic rings. The molecule has 1 aliphatic rings. The summed E-state index contributed by atoms with van der Waals surface area (Å²) in [5.74, 6) is 0.654. The smallest absolute Gasteiger partial charge is 0.336 e. The first-order chi connectivity index (χ1) is 13.6. The average molecular weight is 394 g/mol. The summed E-state index contributed by atoms with van der Waals surface area (Å²) in [5, 5.41) is 0.906. The molecule has 0 aliphatic carbocycles. The zero-order valence-corrected chi connectivity index (χ0v) is 17.4. The van der Waals surface area contributed by atoms with Crippen LogP contribution in [0.1, 0.15) is 50.7 Å². The van der Waals surface area contributed by atoms with Gasteiger partial charge in [0.25, 0.3) is 0 Å². The van der Waals surface area contributed by atoms with E-state index in [9.17, 15) is 4.79 Å². The van der Waals surface area contributed by atoms with Gasteiger partial charge in [0.15, 0.2) is 6.29 Å². The van der Waals surface area contributed by atoms with Crippen molar-refractivity contribution >= 4 is 11.0 Å². The standard InChI is InChI=1S/C24H26O5/c1-15-12-21(25)27-20-13-18(10-11-19(15)20)26-14-16-6-8-17(9-7-16)22-28-23(2,3)24(4,5)29-22/h6-13,22H,14H2,1-5H3. The Labute approximate surface area is 170 Å². The summed E-state index contributed by atoms with van der Waals surface area (Å²) in [5.41, 5.74) is 2.35. The van der Waals surface area contributed by atoms with Gasteiger partial charge in [-0.25, -0.2) is 4.79 Å². The number of ether oxygens (including phenoxy) is 3. The van der Waals surface area contributed by atoms with Crippen LogP contribution in [0.15, 0.2) is 57.7 Å². The molecule has 2 heterocycles. The zero-order chi connectivity index (χ0) is 20.8. The van der Waals surface area contributed by atoms with E-state index in [1.165, 1.54) is 6.07 Å². The van der Waals surface area contributed by atoms with E-state index in [1.54, 1.807) is 6.07 Å². The van der Waals surface area contributed by atoms with Gasteiger partial charge >= 0.3 is 5.63 Å². The number of hydrogen-bond donors (Lipinski definition) is 0. The Kier molecular flexibility index (Phi) is 4.75. The third-order valence-electron chi connectivity index (χ3n) is 5.83. The molecule has 0 radical (unpaired) electrons. The van der Waals surface area contributed by atoms with Crippen LogP contribution in [-0.2, 0) is 16.1 Å². The first kappa shape index (κ1) is 19.7. The predicted octanol–water partition coefficient (Wildman–Crippen LogP) is 5.28. The molecule has 5 nitrogen and oxygen atoms in total. The largest absolute Gasteiger partial charge is 0.489 e. The van der Waals surface area contributed by atoms with E-state index in [-0.39, 0.29) is 23.1 Å². The lowest BCUT2D eigenvalue weighted by Gasteiger charge is -2.30. The molecule has 29 heavy (non-hydrogen) atoms. The van der Waals surface area contributed by atoms with Crippen molar-refractivity contribution in [1.29, 1.82) is 0 Å². The van der Waals surface area contributed by atoms with Crippen LogP contribution in [0.4, 0.5) is 0 Å². The molecular weight excluding hydrogens is 368 g/mol. The van der Waals surface area contributed by atoms with Crippen LogP contribution < -0.4 is 10.4 Å². The van der Waals surface area contributed by atoms with E-state index >= 15 is 0 Å². The van der Waals surface area contributed by atoms with Crippen LogP contribution in [-0.4, -0.2) is 11.2 Å². The Bertz CT molecular complexity index is 1080. The highest BCUT2D eigenvalue weighted by molar-refractivity contribution is 5.81. The maximum absolute atomic E-state index is 11.6. The second-order valence-corrected chi connectivity index (χ2v) is 8.52. The molecule has 1 aromatic heterocycles. The average Bonchev–Trinajstić information content (AvgIpc) is 2.87. The molecule has 0 amide bonds. The van der Waals surface area contributed by atoms with E-state index in [0.29, 0.717) is 17.9 Å². The molecule has 0 atom stereocenters. The van der Waals surface area contributed by atoms with E-state index in [2.05, 4.69) is 0 Å². The van der Waals surface area contributed by atoms with Gasteiger partial charge in [-0.05, 0) is 57.9 Å². The predicted molar refractivity (Wildman–Crippen MR) is 111 cm³/mol. The minimum atomic E-state index is -0.374. The van der Waals surface area contributed by atoms with Crippen molar-refractivity contribution in [2.24, 2.45) is 0 Å². The Morgan fingerprint density at radius 1 is 0.931 bits per heavy atom. The molecule has 0 bridgehead atoms. The third-order valence-corrected chi connectivity index (χ3v) is 5.83. The van der Waals surface area contributed by atoms with Gasteiger partial charge in [-0.15, -0.1) is 0 Å². The molecule has 1 fully saturated rings. The van der Waals surface area contributed by atoms with Gasteiger partial charge in [0, 0.05) is 23.1 Å². The van der Waals surface area contributed by atoms with Gasteiger partial charge in [0.05, 0.1) is 11.2 Å². The van der Waals surface area contributed by atoms with Crippen molar-refractivity contribution < 1.29 is 18.6 Å². The topological polar surface area (TPSA) is 57.9 Å². The SMILES string of the molecule is Cc1cc(=O)oc2cc(OCc3ccc(C4OC(C)(C)C(C)(C)O4)cc3)ccc12. The van der Waals surface area contributed by atoms with Crippen LogP contribution in [0.5, 0.6) is 5.75 Å². The Morgan fingerprint density at radius 3 is 2.24 bits per heavy atom. The van der Waals surface area contributed by atoms with Crippen LogP contribution >= 0.6 is 0 Å². The number of benzene rings is 2. The molecule has 152 valence electrons. The second kappa shape index (κ2) is 7.01. The number of hydrogen-bond acceptors (Lipinski definition) is 5. The maximum Gasteiger partial charge on any atom is 0.336 e. The molecule has 0 N–H and O–H groups in total. The molecule has 0 saturated carbocycles. The summed E-state index contributed by atoms with van der Waals surface area (Å²) in [6.45, 7) is 10.5. The van der Waals surface area contributed by atoms with E-state index in [4.69, 9.17) is 18.6 Å². The molecule has 0 spiro atoms. The Hall–Kier alpha value is -2.63. The summed E-state index contributed by atoms with van der Waals surface area (Å²) in [6, 6.07) is 15.1. The summed E-state index contributed by atoms with van der Waals surface area (Å²) in [4.78, 5) is 11.6. The van der Waals surface area contributed by atoms with Crippen LogP contribution in [0, 0.1) is 6.92 Å². The van der Waals surface area contributed by atoms with Gasteiger partial charge in [0.1, 0.15) is 17.9 Å². The number of aryl methyl sites for hydroxylation is 1. The minimum absolute atomic E-state index is 0.356. The van der Waals surface area contributed by atoms with Crippen molar-refractivity contribution in [2.75, 3.05) is 0 Å². The van der Waals surface area contributed by atoms with Crippen molar-refractivity contribution in [3.63, 3.8) is 0 Å². The molecule has 4 rings (SSSR count). The van der Waals surface area contributed by atoms with Crippen molar-refractivity contribution in [3.05, 3.63) is 75.6 Å². The Balaban J connectivity index is 1.45. The third kappa shape index (κ3) is 3.80. The number of fused-ring (bicyclic) bond motifs is 1. The van der Waals surface area contributed by atoms with E-state index in [1.807, 2.05) is 71.0 Å². The Morgan fingerprint density at radius 2 is 1.59 bits per heavy atom. The highest BCUT2D eigenvalue weighted by Crippen LogP contribution is 2.44. The first-order valence-electron chi connectivity index (χ1n) is 9.76. The fourth-order valence-electron chi connectivity index (χ4n) is 3.31. The zero-order valence-electron chi connectivity index (χ0n) is 17.4. The van der Waals surface area contributed by atoms with E-state index in [0.717, 1.165) is 22.1 Å². The summed E-state index contributed by atoms with van der Waals surface area (Å²) in [6.07, 6.45) is -0.374. The monoisotopic (exact) mass is 394 g/mol. The molecule has 5 heteroatoms. The number of rotatable bonds is 4. The normalized spacial score (nSPS) is 18.2. The summed E-state index contributed by atoms with van der Waals surface area (Å²) < 4.78 is 23.3. The van der Waals surface area contributed by atoms with E-state index < -0.39 is 0 Å². The van der Waals surface area contributed by atoms with Crippen molar-refractivity contribution in [1.82, 2.24) is 0 Å². The molecule has 2 aromatic carbocycles. The highest BCUT2D eigenvalue weighted by atomic mass is 16.7. The van der Waals surface area contributed by atoms with Crippen LogP contribution in [0.2, 0.25) is 0 Å². The summed E-state index contributed by atoms with van der Waals surface area (Å²) in [7, 11) is 0. The van der Waals surface area contributed by atoms with Gasteiger partial charge in [-0.2, -0.15) is 0 Å². The quantitative estimate of drug-likeness (QED) is 0.563. The van der Waals surface area contributed by atoms with Gasteiger partial charge < -0.3 is 18.6 Å². The lowest BCUT2D eigenvalue weighted by Crippen LogP contribution is -2.41. The maximum atomic E-state index is 11.6. The van der Waals surface area contributed by atoms with Gasteiger partial charge in [-0.3, -0.25) is 0 Å². The van der Waals surface area contributed by atoms with Gasteiger partial charge in [0.2, 0.25) is 0 Å². The fraction of sp³-hybridized carbons (Fsp3) is 0.375. The molecule has 1 aliphatic heterocycles. The van der Waals surface area contributed by atoms with Crippen molar-refractivity contribution in [2.45, 2.75) is 58.7 Å². The lowest BCUT2D eigenvalue weighted by molar-refractivity contribution is -0.0895. The minimum Gasteiger partial charge on any atom is -0.489 e.